The van der Waals surface area contributed by atoms with Crippen molar-refractivity contribution < 1.29 is 14.3 Å². The van der Waals surface area contributed by atoms with Gasteiger partial charge < -0.3 is 14.4 Å². The molecule has 7 heteroatoms. The fourth-order valence-corrected chi connectivity index (χ4v) is 4.81. The van der Waals surface area contributed by atoms with Gasteiger partial charge in [-0.15, -0.1) is 0 Å². The van der Waals surface area contributed by atoms with Gasteiger partial charge in [-0.2, -0.15) is 5.10 Å². The van der Waals surface area contributed by atoms with Gasteiger partial charge in [0.25, 0.3) is 5.91 Å². The molecule has 7 nitrogen and oxygen atoms in total. The number of amides is 1. The number of fused-ring (bicyclic) bond motifs is 1. The van der Waals surface area contributed by atoms with E-state index in [1.807, 2.05) is 46.1 Å². The second-order valence-electron chi connectivity index (χ2n) is 8.96. The molecular formula is C28H30N4O3. The minimum atomic E-state index is 0.0360. The first-order chi connectivity index (χ1) is 17.2. The quantitative estimate of drug-likeness (QED) is 0.388. The molecule has 180 valence electrons. The molecule has 0 saturated carbocycles. The van der Waals surface area contributed by atoms with Crippen molar-refractivity contribution in [3.63, 3.8) is 0 Å². The average Bonchev–Trinajstić information content (AvgIpc) is 3.27. The second kappa shape index (κ2) is 10.6. The number of benzene rings is 1. The number of methoxy groups -OCH3 is 1. The summed E-state index contributed by atoms with van der Waals surface area (Å²) in [6.07, 6.45) is 9.66. The topological polar surface area (TPSA) is 69.0 Å². The average molecular weight is 471 g/mol. The summed E-state index contributed by atoms with van der Waals surface area (Å²) in [5, 5.41) is 4.35. The van der Waals surface area contributed by atoms with E-state index in [-0.39, 0.29) is 5.91 Å². The van der Waals surface area contributed by atoms with Crippen molar-refractivity contribution in [3.05, 3.63) is 90.0 Å². The van der Waals surface area contributed by atoms with E-state index >= 15 is 0 Å². The Bertz CT molecular complexity index is 1290. The maximum Gasteiger partial charge on any atom is 0.253 e. The molecule has 1 aliphatic rings. The molecule has 0 aliphatic carbocycles. The summed E-state index contributed by atoms with van der Waals surface area (Å²) in [5.41, 5.74) is 3.92. The standard InChI is InChI=1S/C28H30N4O3/c1-34-26-10-9-23(19-27(26)35-20-24-8-2-3-13-29-24)28(33)31-15-4-6-21(12-17-31)18-22-7-5-16-32-25(22)11-14-30-32/h2-3,5,7-11,13-14,16,19,21H,4,6,12,15,17-18,20H2,1H3/t21-/m0/s1. The number of carbonyl (C=O) groups excluding carboxylic acids is 1. The Kier molecular flexibility index (Phi) is 6.93. The first-order valence-electron chi connectivity index (χ1n) is 12.1. The summed E-state index contributed by atoms with van der Waals surface area (Å²) in [6.45, 7) is 1.83. The maximum absolute atomic E-state index is 13.4. The van der Waals surface area contributed by atoms with Gasteiger partial charge in [0.05, 0.1) is 18.3 Å². The van der Waals surface area contributed by atoms with Gasteiger partial charge in [-0.3, -0.25) is 9.78 Å². The lowest BCUT2D eigenvalue weighted by molar-refractivity contribution is 0.0759. The minimum Gasteiger partial charge on any atom is -0.493 e. The number of rotatable bonds is 7. The number of nitrogens with zero attached hydrogens (tertiary/aromatic N) is 4. The highest BCUT2D eigenvalue weighted by atomic mass is 16.5. The SMILES string of the molecule is COc1ccc(C(=O)N2CCC[C@H](Cc3cccn4nccc34)CC2)cc1OCc1ccccn1. The van der Waals surface area contributed by atoms with E-state index in [0.717, 1.165) is 44.5 Å². The van der Waals surface area contributed by atoms with E-state index in [9.17, 15) is 4.79 Å². The van der Waals surface area contributed by atoms with Crippen LogP contribution in [-0.4, -0.2) is 45.6 Å². The fourth-order valence-electron chi connectivity index (χ4n) is 4.81. The lowest BCUT2D eigenvalue weighted by Crippen LogP contribution is -2.32. The van der Waals surface area contributed by atoms with E-state index in [0.29, 0.717) is 29.6 Å². The number of ether oxygens (including phenoxy) is 2. The van der Waals surface area contributed by atoms with Gasteiger partial charge in [0.1, 0.15) is 6.61 Å². The molecule has 1 aromatic carbocycles. The Morgan fingerprint density at radius 2 is 1.97 bits per heavy atom. The van der Waals surface area contributed by atoms with Crippen molar-refractivity contribution in [2.24, 2.45) is 5.92 Å². The highest BCUT2D eigenvalue weighted by Gasteiger charge is 2.23. The van der Waals surface area contributed by atoms with Crippen LogP contribution in [0.15, 0.2) is 73.2 Å². The van der Waals surface area contributed by atoms with Gasteiger partial charge >= 0.3 is 0 Å². The van der Waals surface area contributed by atoms with Crippen molar-refractivity contribution in [2.45, 2.75) is 32.3 Å². The molecule has 1 aliphatic heterocycles. The van der Waals surface area contributed by atoms with Gasteiger partial charge in [0.2, 0.25) is 0 Å². The van der Waals surface area contributed by atoms with Crippen LogP contribution in [0.4, 0.5) is 0 Å². The molecule has 0 radical (unpaired) electrons. The molecule has 0 unspecified atom stereocenters. The van der Waals surface area contributed by atoms with Crippen molar-refractivity contribution in [1.82, 2.24) is 19.5 Å². The number of hydrogen-bond acceptors (Lipinski definition) is 5. The molecule has 5 rings (SSSR count). The van der Waals surface area contributed by atoms with E-state index in [2.05, 4.69) is 28.3 Å². The Labute approximate surface area is 205 Å². The van der Waals surface area contributed by atoms with E-state index in [1.165, 1.54) is 11.1 Å². The van der Waals surface area contributed by atoms with Gasteiger partial charge in [-0.1, -0.05) is 12.1 Å². The van der Waals surface area contributed by atoms with Gasteiger partial charge in [-0.25, -0.2) is 4.52 Å². The molecule has 1 atom stereocenters. The third kappa shape index (κ3) is 5.29. The largest absolute Gasteiger partial charge is 0.493 e. The molecule has 1 saturated heterocycles. The molecule has 4 aromatic rings. The second-order valence-corrected chi connectivity index (χ2v) is 8.96. The molecular weight excluding hydrogens is 440 g/mol. The van der Waals surface area contributed by atoms with E-state index in [4.69, 9.17) is 9.47 Å². The molecule has 35 heavy (non-hydrogen) atoms. The Balaban J connectivity index is 1.24. The highest BCUT2D eigenvalue weighted by molar-refractivity contribution is 5.95. The number of carbonyl (C=O) groups is 1. The summed E-state index contributed by atoms with van der Waals surface area (Å²) in [7, 11) is 1.60. The fraction of sp³-hybridized carbons (Fsp3) is 0.321. The monoisotopic (exact) mass is 470 g/mol. The predicted octanol–water partition coefficient (Wildman–Crippen LogP) is 4.80. The smallest absolute Gasteiger partial charge is 0.253 e. The van der Waals surface area contributed by atoms with Crippen LogP contribution in [-0.2, 0) is 13.0 Å². The summed E-state index contributed by atoms with van der Waals surface area (Å²) in [6, 6.07) is 17.4. The predicted molar refractivity (Wildman–Crippen MR) is 134 cm³/mol. The minimum absolute atomic E-state index is 0.0360. The van der Waals surface area contributed by atoms with Crippen LogP contribution in [0.2, 0.25) is 0 Å². The van der Waals surface area contributed by atoms with E-state index < -0.39 is 0 Å². The molecule has 0 spiro atoms. The number of hydrogen-bond donors (Lipinski definition) is 0. The normalized spacial score (nSPS) is 16.1. The lowest BCUT2D eigenvalue weighted by atomic mass is 9.92. The maximum atomic E-state index is 13.4. The number of pyridine rings is 2. The summed E-state index contributed by atoms with van der Waals surface area (Å²) in [4.78, 5) is 19.7. The van der Waals surface area contributed by atoms with Crippen LogP contribution in [0.1, 0.15) is 40.9 Å². The summed E-state index contributed by atoms with van der Waals surface area (Å²) in [5.74, 6) is 1.73. The lowest BCUT2D eigenvalue weighted by Gasteiger charge is -2.21. The summed E-state index contributed by atoms with van der Waals surface area (Å²) >= 11 is 0. The molecule has 1 amide bonds. The van der Waals surface area contributed by atoms with Crippen molar-refractivity contribution in [3.8, 4) is 11.5 Å². The zero-order chi connectivity index (χ0) is 24.0. The third-order valence-electron chi connectivity index (χ3n) is 6.68. The molecule has 4 heterocycles. The number of aromatic nitrogens is 3. The van der Waals surface area contributed by atoms with E-state index in [1.54, 1.807) is 25.4 Å². The van der Waals surface area contributed by atoms with Crippen LogP contribution in [0.25, 0.3) is 5.52 Å². The first-order valence-corrected chi connectivity index (χ1v) is 12.1. The van der Waals surface area contributed by atoms with Crippen LogP contribution < -0.4 is 9.47 Å². The van der Waals surface area contributed by atoms with Crippen LogP contribution in [0.3, 0.4) is 0 Å². The van der Waals surface area contributed by atoms with Crippen molar-refractivity contribution in [1.29, 1.82) is 0 Å². The molecule has 0 N–H and O–H groups in total. The van der Waals surface area contributed by atoms with Crippen molar-refractivity contribution in [2.75, 3.05) is 20.2 Å². The van der Waals surface area contributed by atoms with Gasteiger partial charge in [0.15, 0.2) is 11.5 Å². The molecule has 3 aromatic heterocycles. The number of likely N-dealkylation sites (tertiary alicyclic amines) is 1. The van der Waals surface area contributed by atoms with Gasteiger partial charge in [0, 0.05) is 37.2 Å². The molecule has 1 fully saturated rings. The Morgan fingerprint density at radius 3 is 2.83 bits per heavy atom. The van der Waals surface area contributed by atoms with Crippen molar-refractivity contribution >= 4 is 11.4 Å². The summed E-state index contributed by atoms with van der Waals surface area (Å²) < 4.78 is 13.3. The third-order valence-corrected chi connectivity index (χ3v) is 6.68. The zero-order valence-electron chi connectivity index (χ0n) is 20.0. The van der Waals surface area contributed by atoms with Crippen LogP contribution >= 0.6 is 0 Å². The van der Waals surface area contributed by atoms with Crippen LogP contribution in [0.5, 0.6) is 11.5 Å². The Morgan fingerprint density at radius 1 is 1.03 bits per heavy atom. The molecule has 0 bridgehead atoms. The first kappa shape index (κ1) is 22.9. The van der Waals surface area contributed by atoms with Crippen LogP contribution in [0, 0.1) is 5.92 Å². The zero-order valence-corrected chi connectivity index (χ0v) is 20.0. The Hall–Kier alpha value is -3.87. The van der Waals surface area contributed by atoms with Gasteiger partial charge in [-0.05, 0) is 79.6 Å². The highest BCUT2D eigenvalue weighted by Crippen LogP contribution is 2.30.